The number of aliphatic hydroxyl groups excluding tert-OH is 8. The molecule has 14 heteroatoms. The fraction of sp³-hybridized carbons (Fsp3) is 0.988. The van der Waals surface area contributed by atoms with Crippen molar-refractivity contribution < 1.29 is 64.6 Å². The van der Waals surface area contributed by atoms with E-state index in [2.05, 4.69) is 19.2 Å². The molecule has 9 N–H and O–H groups in total. The van der Waals surface area contributed by atoms with Gasteiger partial charge in [-0.2, -0.15) is 0 Å². The lowest BCUT2D eigenvalue weighted by Gasteiger charge is -2.46. The van der Waals surface area contributed by atoms with Crippen molar-refractivity contribution in [1.82, 2.24) is 5.32 Å². The Hall–Kier alpha value is -1.01. The van der Waals surface area contributed by atoms with Gasteiger partial charge in [-0.1, -0.05) is 399 Å². The normalized spacial score (nSPS) is 22.2. The molecule has 1 amide bonds. The predicted molar refractivity (Wildman–Crippen MR) is 393 cm³/mol. The van der Waals surface area contributed by atoms with Crippen LogP contribution in [0.2, 0.25) is 0 Å². The maximum absolute atomic E-state index is 13.4. The van der Waals surface area contributed by atoms with Crippen LogP contribution in [0.15, 0.2) is 0 Å². The Labute approximate surface area is 584 Å². The van der Waals surface area contributed by atoms with Crippen LogP contribution in [0, 0.1) is 0 Å². The van der Waals surface area contributed by atoms with Crippen LogP contribution in [0.1, 0.15) is 418 Å². The maximum Gasteiger partial charge on any atom is 0.220 e. The van der Waals surface area contributed by atoms with Gasteiger partial charge in [0.05, 0.1) is 32.0 Å². The van der Waals surface area contributed by atoms with Crippen LogP contribution in [0.25, 0.3) is 0 Å². The molecule has 0 spiro atoms. The van der Waals surface area contributed by atoms with Crippen molar-refractivity contribution in [1.29, 1.82) is 0 Å². The molecule has 0 bridgehead atoms. The van der Waals surface area contributed by atoms with Gasteiger partial charge in [0.25, 0.3) is 0 Å². The van der Waals surface area contributed by atoms with E-state index in [1.54, 1.807) is 0 Å². The van der Waals surface area contributed by atoms with Crippen molar-refractivity contribution >= 4 is 5.91 Å². The second-order valence-electron chi connectivity index (χ2n) is 30.0. The lowest BCUT2D eigenvalue weighted by Crippen LogP contribution is -2.65. The lowest BCUT2D eigenvalue weighted by molar-refractivity contribution is -0.359. The fourth-order valence-electron chi connectivity index (χ4n) is 14.5. The SMILES string of the molecule is CCCCCCCCCCCCCCCCCCCCCCCCCCCCCCCCCCCCCCCCC(=O)NC(COC1OC(CO)C(OC2OC(CO)C(O)C(O)C2O)C(O)C1O)C(O)CCCCCCCCCCCCCCCCCCCCCCCCC. The Bertz CT molecular complexity index is 1600. The standard InChI is InChI=1S/C81H159NO13/c1-3-5-7-9-11-13-15-17-19-21-23-25-27-28-29-30-31-32-33-34-35-36-37-38-39-40-41-43-45-47-49-51-53-55-57-59-61-63-65-73(86)82-69(68-92-80-78(91)76(89)79(72(67-84)94-80)95-81-77(90)75(88)74(87)71(66-83)93-81)70(85)64-62-60-58-56-54-52-50-48-46-44-42-26-24-22-20-18-16-14-12-10-8-6-4-2/h69-72,74-81,83-85,87-91H,3-68H2,1-2H3,(H,82,86). The van der Waals surface area contributed by atoms with Crippen LogP contribution in [-0.4, -0.2) is 140 Å². The molecule has 2 saturated heterocycles. The summed E-state index contributed by atoms with van der Waals surface area (Å²) < 4.78 is 23.0. The van der Waals surface area contributed by atoms with Crippen LogP contribution in [0.4, 0.5) is 0 Å². The van der Waals surface area contributed by atoms with E-state index < -0.39 is 86.8 Å². The molecule has 2 fully saturated rings. The average molecular weight is 1360 g/mol. The summed E-state index contributed by atoms with van der Waals surface area (Å²) >= 11 is 0. The van der Waals surface area contributed by atoms with E-state index in [1.807, 2.05) is 0 Å². The Morgan fingerprint density at radius 3 is 0.895 bits per heavy atom. The third-order valence-corrected chi connectivity index (χ3v) is 21.1. The quantitative estimate of drug-likeness (QED) is 0.0259. The number of aliphatic hydroxyl groups is 8. The molecule has 0 aliphatic carbocycles. The van der Waals surface area contributed by atoms with E-state index >= 15 is 0 Å². The summed E-state index contributed by atoms with van der Waals surface area (Å²) in [6, 6.07) is -0.825. The van der Waals surface area contributed by atoms with Crippen molar-refractivity contribution in [3.63, 3.8) is 0 Å². The lowest BCUT2D eigenvalue weighted by atomic mass is 9.97. The second-order valence-corrected chi connectivity index (χ2v) is 30.0. The van der Waals surface area contributed by atoms with Crippen molar-refractivity contribution in [2.75, 3.05) is 19.8 Å². The van der Waals surface area contributed by atoms with Gasteiger partial charge >= 0.3 is 0 Å². The zero-order chi connectivity index (χ0) is 68.7. The fourth-order valence-corrected chi connectivity index (χ4v) is 14.5. The molecule has 0 aromatic rings. The molecule has 2 rings (SSSR count). The Balaban J connectivity index is 1.55. The van der Waals surface area contributed by atoms with Crippen LogP contribution < -0.4 is 5.32 Å². The number of hydrogen-bond acceptors (Lipinski definition) is 13. The number of rotatable bonds is 72. The van der Waals surface area contributed by atoms with Crippen LogP contribution in [-0.2, 0) is 23.7 Å². The van der Waals surface area contributed by atoms with Crippen molar-refractivity contribution in [3.05, 3.63) is 0 Å². The summed E-state index contributed by atoms with van der Waals surface area (Å²) in [4.78, 5) is 13.4. The zero-order valence-electron chi connectivity index (χ0n) is 62.2. The number of ether oxygens (including phenoxy) is 4. The highest BCUT2D eigenvalue weighted by Crippen LogP contribution is 2.31. The van der Waals surface area contributed by atoms with E-state index in [9.17, 15) is 45.6 Å². The van der Waals surface area contributed by atoms with Crippen molar-refractivity contribution in [2.24, 2.45) is 0 Å². The molecule has 14 nitrogen and oxygen atoms in total. The maximum atomic E-state index is 13.4. The molecule has 2 aliphatic heterocycles. The van der Waals surface area contributed by atoms with Gasteiger partial charge in [-0.05, 0) is 12.8 Å². The molecule has 2 aliphatic rings. The van der Waals surface area contributed by atoms with Gasteiger partial charge in [0.15, 0.2) is 12.6 Å². The highest BCUT2D eigenvalue weighted by atomic mass is 16.7. The van der Waals surface area contributed by atoms with Crippen LogP contribution >= 0.6 is 0 Å². The van der Waals surface area contributed by atoms with E-state index in [1.165, 1.54) is 340 Å². The molecule has 0 saturated carbocycles. The molecule has 12 unspecified atom stereocenters. The zero-order valence-corrected chi connectivity index (χ0v) is 62.2. The molecular formula is C81H159NO13. The summed E-state index contributed by atoms with van der Waals surface area (Å²) in [6.07, 6.45) is 66.0. The number of carbonyl (C=O) groups is 1. The molecule has 0 aromatic carbocycles. The molecule has 0 radical (unpaired) electrons. The van der Waals surface area contributed by atoms with Gasteiger partial charge in [-0.3, -0.25) is 4.79 Å². The van der Waals surface area contributed by atoms with E-state index in [0.29, 0.717) is 12.8 Å². The minimum atomic E-state index is -1.78. The number of amides is 1. The number of unbranched alkanes of at least 4 members (excludes halogenated alkanes) is 59. The topological polar surface area (TPSA) is 228 Å². The first-order valence-corrected chi connectivity index (χ1v) is 41.8. The van der Waals surface area contributed by atoms with Crippen molar-refractivity contribution in [3.8, 4) is 0 Å². The monoisotopic (exact) mass is 1350 g/mol. The number of nitrogens with one attached hydrogen (secondary N) is 1. The first-order chi connectivity index (χ1) is 46.6. The Kier molecular flexibility index (Phi) is 62.8. The first-order valence-electron chi connectivity index (χ1n) is 41.8. The first kappa shape index (κ1) is 90.1. The third-order valence-electron chi connectivity index (χ3n) is 21.1. The molecule has 2 heterocycles. The molecule has 0 aromatic heterocycles. The molecular weight excluding hydrogens is 1190 g/mol. The van der Waals surface area contributed by atoms with Gasteiger partial charge in [0.2, 0.25) is 5.91 Å². The number of carbonyl (C=O) groups excluding carboxylic acids is 1. The molecule has 566 valence electrons. The smallest absolute Gasteiger partial charge is 0.220 e. The van der Waals surface area contributed by atoms with Crippen molar-refractivity contribution in [2.45, 2.75) is 492 Å². The minimum Gasteiger partial charge on any atom is -0.394 e. The van der Waals surface area contributed by atoms with Gasteiger partial charge in [0, 0.05) is 6.42 Å². The van der Waals surface area contributed by atoms with Gasteiger partial charge in [0.1, 0.15) is 48.8 Å². The Morgan fingerprint density at radius 2 is 0.600 bits per heavy atom. The highest BCUT2D eigenvalue weighted by Gasteiger charge is 2.51. The van der Waals surface area contributed by atoms with Gasteiger partial charge in [-0.15, -0.1) is 0 Å². The van der Waals surface area contributed by atoms with Gasteiger partial charge in [-0.25, -0.2) is 0 Å². The molecule has 95 heavy (non-hydrogen) atoms. The Morgan fingerprint density at radius 1 is 0.337 bits per heavy atom. The summed E-state index contributed by atoms with van der Waals surface area (Å²) in [7, 11) is 0. The predicted octanol–water partition coefficient (Wildman–Crippen LogP) is 19.1. The van der Waals surface area contributed by atoms with E-state index in [4.69, 9.17) is 18.9 Å². The van der Waals surface area contributed by atoms with Crippen LogP contribution in [0.5, 0.6) is 0 Å². The summed E-state index contributed by atoms with van der Waals surface area (Å²) in [5.74, 6) is -0.195. The largest absolute Gasteiger partial charge is 0.394 e. The summed E-state index contributed by atoms with van der Waals surface area (Å²) in [5, 5.41) is 87.9. The van der Waals surface area contributed by atoms with Crippen LogP contribution in [0.3, 0.4) is 0 Å². The number of hydrogen-bond donors (Lipinski definition) is 9. The molecule has 12 atom stereocenters. The minimum absolute atomic E-state index is 0.195. The average Bonchev–Trinajstić information content (AvgIpc) is 0.800. The summed E-state index contributed by atoms with van der Waals surface area (Å²) in [5.41, 5.74) is 0. The van der Waals surface area contributed by atoms with E-state index in [-0.39, 0.29) is 12.5 Å². The summed E-state index contributed by atoms with van der Waals surface area (Å²) in [6.45, 7) is 2.95. The second kappa shape index (κ2) is 66.2. The van der Waals surface area contributed by atoms with E-state index in [0.717, 1.165) is 51.4 Å². The third kappa shape index (κ3) is 49.3. The highest BCUT2D eigenvalue weighted by molar-refractivity contribution is 5.76. The van der Waals surface area contributed by atoms with Gasteiger partial charge < -0.3 is 65.1 Å².